The number of hydrogen-bond acceptors (Lipinski definition) is 5. The first kappa shape index (κ1) is 31.4. The van der Waals surface area contributed by atoms with Gasteiger partial charge in [-0.15, -0.1) is 12.4 Å². The van der Waals surface area contributed by atoms with Crippen molar-refractivity contribution in [3.8, 4) is 11.4 Å². The van der Waals surface area contributed by atoms with Gasteiger partial charge in [0.05, 0.1) is 11.2 Å². The monoisotopic (exact) mass is 603 g/mol. The molecular weight excluding hydrogens is 561 g/mol. The molecule has 4 aromatic rings. The fourth-order valence-corrected chi connectivity index (χ4v) is 7.08. The van der Waals surface area contributed by atoms with E-state index in [-0.39, 0.29) is 36.3 Å². The highest BCUT2D eigenvalue weighted by molar-refractivity contribution is 6.62. The molecule has 1 saturated heterocycles. The molecule has 2 aliphatic rings. The van der Waals surface area contributed by atoms with Crippen LogP contribution in [-0.2, 0) is 28.9 Å². The molecule has 0 spiro atoms. The lowest BCUT2D eigenvalue weighted by Crippen LogP contribution is -2.50. The average Bonchev–Trinajstić information content (AvgIpc) is 3.45. The molecule has 0 atom stereocenters. The molecule has 0 amide bonds. The number of ether oxygens (including phenoxy) is 1. The maximum Gasteiger partial charge on any atom is 0.494 e. The fraction of sp³-hybridized carbons (Fsp3) is 0.441. The summed E-state index contributed by atoms with van der Waals surface area (Å²) in [5.41, 5.74) is 4.79. The van der Waals surface area contributed by atoms with Crippen LogP contribution in [0.5, 0.6) is 5.75 Å². The highest BCUT2D eigenvalue weighted by Gasteiger charge is 2.58. The zero-order valence-corrected chi connectivity index (χ0v) is 26.5. The number of pyridine rings is 1. The maximum atomic E-state index is 13.1. The molecule has 2 aliphatic heterocycles. The van der Waals surface area contributed by atoms with Crippen molar-refractivity contribution < 1.29 is 14.0 Å². The summed E-state index contributed by atoms with van der Waals surface area (Å²) in [5.74, 6) is 0.554. The molecule has 0 radical (unpaired) electrons. The van der Waals surface area contributed by atoms with Gasteiger partial charge in [0, 0.05) is 60.6 Å². The molecule has 4 heterocycles. The van der Waals surface area contributed by atoms with Gasteiger partial charge >= 0.3 is 7.12 Å². The van der Waals surface area contributed by atoms with Crippen LogP contribution in [0.15, 0.2) is 71.7 Å². The molecular formula is C34H43BClN3O4. The van der Waals surface area contributed by atoms with E-state index in [1.807, 2.05) is 24.3 Å². The number of hydrogen-bond donors (Lipinski definition) is 1. The summed E-state index contributed by atoms with van der Waals surface area (Å²) in [5, 5.41) is 4.62. The largest absolute Gasteiger partial charge is 0.494 e. The van der Waals surface area contributed by atoms with Crippen LogP contribution < -0.4 is 21.1 Å². The Labute approximate surface area is 261 Å². The van der Waals surface area contributed by atoms with Gasteiger partial charge in [-0.3, -0.25) is 9.36 Å². The Morgan fingerprint density at radius 2 is 1.58 bits per heavy atom. The van der Waals surface area contributed by atoms with Crippen LogP contribution in [0.3, 0.4) is 0 Å². The van der Waals surface area contributed by atoms with Crippen molar-refractivity contribution in [2.24, 2.45) is 0 Å². The second-order valence-corrected chi connectivity index (χ2v) is 11.6. The van der Waals surface area contributed by atoms with E-state index in [1.165, 1.54) is 16.6 Å². The molecule has 43 heavy (non-hydrogen) atoms. The zero-order valence-electron chi connectivity index (χ0n) is 25.7. The molecule has 6 rings (SSSR count). The lowest BCUT2D eigenvalue weighted by atomic mass is 9.75. The molecule has 2 aromatic heterocycles. The molecule has 0 bridgehead atoms. The molecule has 0 aliphatic carbocycles. The van der Waals surface area contributed by atoms with Crippen molar-refractivity contribution in [2.45, 2.75) is 84.2 Å². The summed E-state index contributed by atoms with van der Waals surface area (Å²) >= 11 is 0. The standard InChI is InChI=1S/C34H42BN3O4.ClH/c1-5-33(6-2)34(7-3,8-4)42-35(41-33)27-11-9-25(10-12-27)24-40-30-16-19-38(32(39)23-30)28-13-14-31-26(21-28)22-29-15-17-36-18-20-37(29)31;/h9-14,16,19,21-23,36H,5-8,15,17-18,20,24H2,1-4H3;1H. The van der Waals surface area contributed by atoms with Crippen LogP contribution in [0, 0.1) is 0 Å². The van der Waals surface area contributed by atoms with Crippen molar-refractivity contribution in [3.05, 3.63) is 88.5 Å². The summed E-state index contributed by atoms with van der Waals surface area (Å²) in [6.07, 6.45) is 6.50. The summed E-state index contributed by atoms with van der Waals surface area (Å²) in [7, 11) is -0.370. The van der Waals surface area contributed by atoms with Crippen molar-refractivity contribution in [2.75, 3.05) is 13.1 Å². The van der Waals surface area contributed by atoms with E-state index in [9.17, 15) is 4.79 Å². The van der Waals surface area contributed by atoms with Crippen LogP contribution in [0.2, 0.25) is 0 Å². The Morgan fingerprint density at radius 3 is 2.23 bits per heavy atom. The van der Waals surface area contributed by atoms with Crippen molar-refractivity contribution in [3.63, 3.8) is 0 Å². The summed E-state index contributed by atoms with van der Waals surface area (Å²) in [6, 6.07) is 20.1. The minimum absolute atomic E-state index is 0. The van der Waals surface area contributed by atoms with Gasteiger partial charge in [0.25, 0.3) is 5.56 Å². The van der Waals surface area contributed by atoms with E-state index in [2.05, 4.69) is 67.9 Å². The number of aromatic nitrogens is 2. The van der Waals surface area contributed by atoms with Crippen molar-refractivity contribution >= 4 is 35.9 Å². The predicted octanol–water partition coefficient (Wildman–Crippen LogP) is 5.80. The second-order valence-electron chi connectivity index (χ2n) is 11.6. The van der Waals surface area contributed by atoms with Gasteiger partial charge < -0.3 is 23.9 Å². The fourth-order valence-electron chi connectivity index (χ4n) is 7.08. The Balaban J connectivity index is 0.00000368. The van der Waals surface area contributed by atoms with E-state index in [4.69, 9.17) is 14.0 Å². The molecule has 0 unspecified atom stereocenters. The van der Waals surface area contributed by atoms with Gasteiger partial charge in [-0.1, -0.05) is 52.0 Å². The van der Waals surface area contributed by atoms with Gasteiger partial charge in [-0.05, 0) is 67.0 Å². The normalized spacial score (nSPS) is 17.3. The van der Waals surface area contributed by atoms with Gasteiger partial charge in [-0.2, -0.15) is 0 Å². The van der Waals surface area contributed by atoms with E-state index >= 15 is 0 Å². The Kier molecular flexibility index (Phi) is 9.42. The van der Waals surface area contributed by atoms with E-state index < -0.39 is 0 Å². The maximum absolute atomic E-state index is 13.1. The van der Waals surface area contributed by atoms with E-state index in [0.29, 0.717) is 12.4 Å². The molecule has 1 N–H and O–H groups in total. The molecule has 228 valence electrons. The molecule has 2 aromatic carbocycles. The second kappa shape index (κ2) is 12.9. The topological polar surface area (TPSA) is 66.7 Å². The van der Waals surface area contributed by atoms with Crippen LogP contribution >= 0.6 is 12.4 Å². The number of nitrogens with zero attached hydrogens (tertiary/aromatic N) is 2. The number of nitrogens with one attached hydrogen (secondary N) is 1. The van der Waals surface area contributed by atoms with Gasteiger partial charge in [0.2, 0.25) is 0 Å². The highest BCUT2D eigenvalue weighted by atomic mass is 35.5. The minimum atomic E-state index is -0.370. The van der Waals surface area contributed by atoms with Gasteiger partial charge in [0.1, 0.15) is 12.4 Å². The highest BCUT2D eigenvalue weighted by Crippen LogP contribution is 2.46. The first-order chi connectivity index (χ1) is 20.4. The van der Waals surface area contributed by atoms with Crippen LogP contribution in [-0.4, -0.2) is 40.5 Å². The summed E-state index contributed by atoms with van der Waals surface area (Å²) < 4.78 is 23.3. The van der Waals surface area contributed by atoms with Crippen molar-refractivity contribution in [1.29, 1.82) is 0 Å². The van der Waals surface area contributed by atoms with Crippen LogP contribution in [0.4, 0.5) is 0 Å². The third-order valence-corrected chi connectivity index (χ3v) is 9.65. The molecule has 0 saturated carbocycles. The van der Waals surface area contributed by atoms with Gasteiger partial charge in [-0.25, -0.2) is 0 Å². The van der Waals surface area contributed by atoms with E-state index in [0.717, 1.165) is 68.5 Å². The Morgan fingerprint density at radius 1 is 0.884 bits per heavy atom. The van der Waals surface area contributed by atoms with Gasteiger partial charge in [0.15, 0.2) is 0 Å². The third-order valence-electron chi connectivity index (χ3n) is 9.65. The number of fused-ring (bicyclic) bond motifs is 3. The van der Waals surface area contributed by atoms with Crippen LogP contribution in [0.1, 0.15) is 64.6 Å². The lowest BCUT2D eigenvalue weighted by Gasteiger charge is -2.42. The number of rotatable bonds is 9. The SMILES string of the molecule is CCC1(CC)OB(c2ccc(COc3ccn(-c4ccc5c(c4)cc4n5CCNCC4)c(=O)c3)cc2)OC1(CC)CC.Cl. The zero-order chi connectivity index (χ0) is 29.3. The molecule has 9 heteroatoms. The number of halogens is 1. The van der Waals surface area contributed by atoms with E-state index in [1.54, 1.807) is 16.8 Å². The first-order valence-electron chi connectivity index (χ1n) is 15.6. The summed E-state index contributed by atoms with van der Waals surface area (Å²) in [6.45, 7) is 12.1. The quantitative estimate of drug-likeness (QED) is 0.245. The smallest absolute Gasteiger partial charge is 0.489 e. The average molecular weight is 604 g/mol. The Hall–Kier alpha value is -3.04. The minimum Gasteiger partial charge on any atom is -0.489 e. The lowest BCUT2D eigenvalue weighted by molar-refractivity contribution is -0.0601. The third kappa shape index (κ3) is 5.66. The Bertz CT molecular complexity index is 1590. The van der Waals surface area contributed by atoms with Crippen molar-refractivity contribution in [1.82, 2.24) is 14.5 Å². The first-order valence-corrected chi connectivity index (χ1v) is 15.6. The predicted molar refractivity (Wildman–Crippen MR) is 176 cm³/mol. The molecule has 7 nitrogen and oxygen atoms in total. The van der Waals surface area contributed by atoms with Crippen LogP contribution in [0.25, 0.3) is 16.6 Å². The number of benzene rings is 2. The molecule has 1 fully saturated rings. The summed E-state index contributed by atoms with van der Waals surface area (Å²) in [4.78, 5) is 13.1.